The fourth-order valence-corrected chi connectivity index (χ4v) is 2.09. The van der Waals surface area contributed by atoms with Gasteiger partial charge in [-0.15, -0.1) is 0 Å². The second kappa shape index (κ2) is 2.40. The molecule has 1 heterocycles. The lowest BCUT2D eigenvalue weighted by Gasteiger charge is -2.27. The van der Waals surface area contributed by atoms with Gasteiger partial charge >= 0.3 is 11.9 Å². The third-order valence-electron chi connectivity index (χ3n) is 3.07. The van der Waals surface area contributed by atoms with Gasteiger partial charge in [-0.2, -0.15) is 0 Å². The first-order valence-corrected chi connectivity index (χ1v) is 4.36. The van der Waals surface area contributed by atoms with Crippen molar-refractivity contribution in [2.75, 3.05) is 0 Å². The zero-order valence-corrected chi connectivity index (χ0v) is 7.33. The number of rotatable bonds is 0. The van der Waals surface area contributed by atoms with E-state index in [1.807, 2.05) is 0 Å². The van der Waals surface area contributed by atoms with Crippen molar-refractivity contribution >= 4 is 17.7 Å². The third-order valence-corrected chi connectivity index (χ3v) is 3.07. The summed E-state index contributed by atoms with van der Waals surface area (Å²) in [5.74, 6) is -1.87. The van der Waals surface area contributed by atoms with E-state index in [1.165, 1.54) is 6.92 Å². The smallest absolute Gasteiger partial charge is 0.327 e. The van der Waals surface area contributed by atoms with E-state index >= 15 is 0 Å². The minimum Gasteiger partial charge on any atom is -0.392 e. The lowest BCUT2D eigenvalue weighted by Crippen LogP contribution is -2.41. The largest absolute Gasteiger partial charge is 0.392 e. The molecule has 0 N–H and O–H groups in total. The van der Waals surface area contributed by atoms with E-state index in [9.17, 15) is 14.4 Å². The average Bonchev–Trinajstić information content (AvgIpc) is 2.29. The number of ketones is 1. The van der Waals surface area contributed by atoms with Crippen LogP contribution in [0.3, 0.4) is 0 Å². The van der Waals surface area contributed by atoms with E-state index in [0.29, 0.717) is 19.3 Å². The minimum absolute atomic E-state index is 0.153. The Balaban J connectivity index is 2.45. The van der Waals surface area contributed by atoms with Crippen molar-refractivity contribution in [2.24, 2.45) is 11.3 Å². The van der Waals surface area contributed by atoms with Crippen LogP contribution in [0.25, 0.3) is 0 Å². The van der Waals surface area contributed by atoms with Gasteiger partial charge in [0.05, 0.1) is 5.92 Å². The first-order chi connectivity index (χ1) is 6.06. The molecule has 0 amide bonds. The summed E-state index contributed by atoms with van der Waals surface area (Å²) >= 11 is 0. The van der Waals surface area contributed by atoms with Gasteiger partial charge in [0.25, 0.3) is 0 Å². The van der Waals surface area contributed by atoms with Gasteiger partial charge in [-0.3, -0.25) is 14.4 Å². The molecule has 1 saturated heterocycles. The monoisotopic (exact) mass is 182 g/mol. The van der Waals surface area contributed by atoms with Crippen LogP contribution in [0.4, 0.5) is 0 Å². The molecular weight excluding hydrogens is 172 g/mol. The van der Waals surface area contributed by atoms with Crippen molar-refractivity contribution < 1.29 is 19.1 Å². The Kier molecular flexibility index (Phi) is 1.55. The molecule has 0 spiro atoms. The second-order valence-electron chi connectivity index (χ2n) is 3.78. The van der Waals surface area contributed by atoms with E-state index in [0.717, 1.165) is 0 Å². The normalized spacial score (nSPS) is 38.8. The van der Waals surface area contributed by atoms with Crippen LogP contribution in [-0.4, -0.2) is 17.7 Å². The number of hydrogen-bond donors (Lipinski definition) is 0. The number of hydrogen-bond acceptors (Lipinski definition) is 4. The average molecular weight is 182 g/mol. The molecular formula is C9H10O4. The van der Waals surface area contributed by atoms with Gasteiger partial charge in [-0.05, 0) is 19.8 Å². The highest BCUT2D eigenvalue weighted by Crippen LogP contribution is 2.44. The van der Waals surface area contributed by atoms with Crippen LogP contribution < -0.4 is 0 Å². The molecule has 2 aliphatic rings. The SMILES string of the molecule is CC12C(=O)CCCC1C(=O)OC2=O. The summed E-state index contributed by atoms with van der Waals surface area (Å²) in [5, 5.41) is 0. The Morgan fingerprint density at radius 1 is 1.38 bits per heavy atom. The lowest BCUT2D eigenvalue weighted by atomic mass is 9.68. The Morgan fingerprint density at radius 3 is 2.69 bits per heavy atom. The fraction of sp³-hybridized carbons (Fsp3) is 0.667. The number of carbonyl (C=O) groups excluding carboxylic acids is 3. The van der Waals surface area contributed by atoms with Gasteiger partial charge in [0.1, 0.15) is 5.41 Å². The van der Waals surface area contributed by atoms with E-state index in [4.69, 9.17) is 0 Å². The minimum atomic E-state index is -1.17. The Labute approximate surface area is 75.2 Å². The zero-order valence-electron chi connectivity index (χ0n) is 7.33. The van der Waals surface area contributed by atoms with Crippen LogP contribution in [0, 0.1) is 11.3 Å². The van der Waals surface area contributed by atoms with Gasteiger partial charge in [0, 0.05) is 6.42 Å². The van der Waals surface area contributed by atoms with Crippen LogP contribution in [0.2, 0.25) is 0 Å². The van der Waals surface area contributed by atoms with Crippen molar-refractivity contribution in [3.8, 4) is 0 Å². The summed E-state index contributed by atoms with van der Waals surface area (Å²) in [4.78, 5) is 34.0. The molecule has 1 aliphatic carbocycles. The van der Waals surface area contributed by atoms with Crippen molar-refractivity contribution in [2.45, 2.75) is 26.2 Å². The van der Waals surface area contributed by atoms with Crippen LogP contribution in [-0.2, 0) is 19.1 Å². The molecule has 0 aromatic heterocycles. The van der Waals surface area contributed by atoms with Crippen molar-refractivity contribution in [1.29, 1.82) is 0 Å². The molecule has 2 fully saturated rings. The number of esters is 2. The van der Waals surface area contributed by atoms with Gasteiger partial charge < -0.3 is 4.74 Å². The highest BCUT2D eigenvalue weighted by atomic mass is 16.6. The summed E-state index contributed by atoms with van der Waals surface area (Å²) in [6.07, 6.45) is 1.66. The quantitative estimate of drug-likeness (QED) is 0.403. The van der Waals surface area contributed by atoms with E-state index in [-0.39, 0.29) is 5.78 Å². The standard InChI is InChI=1S/C9H10O4/c1-9-5(3-2-4-6(9)10)7(11)13-8(9)12/h5H,2-4H2,1H3. The van der Waals surface area contributed by atoms with Crippen LogP contribution in [0.1, 0.15) is 26.2 Å². The van der Waals surface area contributed by atoms with Gasteiger partial charge in [0.2, 0.25) is 0 Å². The highest BCUT2D eigenvalue weighted by Gasteiger charge is 2.59. The molecule has 1 aliphatic heterocycles. The Bertz CT molecular complexity index is 307. The van der Waals surface area contributed by atoms with Crippen LogP contribution >= 0.6 is 0 Å². The van der Waals surface area contributed by atoms with Crippen LogP contribution in [0.5, 0.6) is 0 Å². The molecule has 0 bridgehead atoms. The maximum atomic E-state index is 11.5. The van der Waals surface area contributed by atoms with Gasteiger partial charge in [-0.1, -0.05) is 0 Å². The third kappa shape index (κ3) is 0.884. The topological polar surface area (TPSA) is 60.4 Å². The summed E-state index contributed by atoms with van der Waals surface area (Å²) in [6, 6.07) is 0. The maximum Gasteiger partial charge on any atom is 0.327 e. The van der Waals surface area contributed by atoms with Crippen molar-refractivity contribution in [1.82, 2.24) is 0 Å². The first kappa shape index (κ1) is 8.41. The van der Waals surface area contributed by atoms with E-state index in [1.54, 1.807) is 0 Å². The molecule has 2 unspecified atom stereocenters. The van der Waals surface area contributed by atoms with E-state index < -0.39 is 23.3 Å². The molecule has 0 aromatic rings. The predicted octanol–water partition coefficient (Wildman–Crippen LogP) is 0.445. The second-order valence-corrected chi connectivity index (χ2v) is 3.78. The highest BCUT2D eigenvalue weighted by molar-refractivity contribution is 6.14. The molecule has 1 saturated carbocycles. The molecule has 4 nitrogen and oxygen atoms in total. The van der Waals surface area contributed by atoms with Crippen LogP contribution in [0.15, 0.2) is 0 Å². The van der Waals surface area contributed by atoms with E-state index in [2.05, 4.69) is 4.74 Å². The molecule has 2 rings (SSSR count). The Morgan fingerprint density at radius 2 is 2.08 bits per heavy atom. The summed E-state index contributed by atoms with van der Waals surface area (Å²) < 4.78 is 4.48. The molecule has 70 valence electrons. The van der Waals surface area contributed by atoms with Gasteiger partial charge in [-0.25, -0.2) is 0 Å². The number of cyclic esters (lactones) is 2. The Hall–Kier alpha value is -1.19. The number of carbonyl (C=O) groups is 3. The van der Waals surface area contributed by atoms with Gasteiger partial charge in [0.15, 0.2) is 5.78 Å². The molecule has 4 heteroatoms. The molecule has 0 aromatic carbocycles. The lowest BCUT2D eigenvalue weighted by molar-refractivity contribution is -0.156. The summed E-state index contributed by atoms with van der Waals surface area (Å²) in [5.41, 5.74) is -1.17. The fourth-order valence-electron chi connectivity index (χ4n) is 2.09. The molecule has 0 radical (unpaired) electrons. The number of Topliss-reactive ketones (excluding diaryl/α,β-unsaturated/α-hetero) is 1. The predicted molar refractivity (Wildman–Crippen MR) is 41.6 cm³/mol. The number of fused-ring (bicyclic) bond motifs is 1. The first-order valence-electron chi connectivity index (χ1n) is 4.36. The zero-order chi connectivity index (χ0) is 9.64. The summed E-state index contributed by atoms with van der Waals surface area (Å²) in [7, 11) is 0. The summed E-state index contributed by atoms with van der Waals surface area (Å²) in [6.45, 7) is 1.52. The molecule has 2 atom stereocenters. The number of ether oxygens (including phenoxy) is 1. The van der Waals surface area contributed by atoms with Crippen molar-refractivity contribution in [3.63, 3.8) is 0 Å². The van der Waals surface area contributed by atoms with Crippen molar-refractivity contribution in [3.05, 3.63) is 0 Å². The molecule has 13 heavy (non-hydrogen) atoms. The maximum absolute atomic E-state index is 11.5.